The van der Waals surface area contributed by atoms with E-state index in [9.17, 15) is 14.7 Å². The largest absolute Gasteiger partial charge is 0.507 e. The maximum atomic E-state index is 13.3. The van der Waals surface area contributed by atoms with Gasteiger partial charge in [0.2, 0.25) is 0 Å². The lowest BCUT2D eigenvalue weighted by Crippen LogP contribution is -2.29. The summed E-state index contributed by atoms with van der Waals surface area (Å²) in [6.45, 7) is 2.59. The second-order valence-corrected chi connectivity index (χ2v) is 9.37. The normalized spacial score (nSPS) is 16.4. The van der Waals surface area contributed by atoms with E-state index in [1.807, 2.05) is 37.3 Å². The molecule has 1 aromatic heterocycles. The van der Waals surface area contributed by atoms with Crippen LogP contribution in [0.3, 0.4) is 0 Å². The van der Waals surface area contributed by atoms with Crippen LogP contribution in [0.5, 0.6) is 11.5 Å². The Kier molecular flexibility index (Phi) is 7.41. The number of ketones is 1. The molecular formula is C32H28N2O5. The Morgan fingerprint density at radius 1 is 0.923 bits per heavy atom. The topological polar surface area (TPSA) is 89.0 Å². The van der Waals surface area contributed by atoms with Gasteiger partial charge in [-0.2, -0.15) is 0 Å². The highest BCUT2D eigenvalue weighted by molar-refractivity contribution is 6.46. The number of methoxy groups -OCH3 is 1. The maximum absolute atomic E-state index is 13.3. The van der Waals surface area contributed by atoms with Gasteiger partial charge in [0.25, 0.3) is 11.7 Å². The Balaban J connectivity index is 1.48. The number of ether oxygens (including phenoxy) is 2. The first-order valence-corrected chi connectivity index (χ1v) is 12.5. The molecule has 2 heterocycles. The Morgan fingerprint density at radius 2 is 1.69 bits per heavy atom. The zero-order valence-electron chi connectivity index (χ0n) is 21.7. The van der Waals surface area contributed by atoms with Gasteiger partial charge in [-0.1, -0.05) is 48.0 Å². The lowest BCUT2D eigenvalue weighted by molar-refractivity contribution is -0.140. The molecule has 3 aromatic carbocycles. The first kappa shape index (κ1) is 25.7. The summed E-state index contributed by atoms with van der Waals surface area (Å²) in [7, 11) is 1.55. The fourth-order valence-corrected chi connectivity index (χ4v) is 4.72. The van der Waals surface area contributed by atoms with E-state index in [1.165, 1.54) is 4.90 Å². The fourth-order valence-electron chi connectivity index (χ4n) is 4.72. The zero-order chi connectivity index (χ0) is 27.4. The minimum Gasteiger partial charge on any atom is -0.507 e. The van der Waals surface area contributed by atoms with Crippen LogP contribution < -0.4 is 9.47 Å². The summed E-state index contributed by atoms with van der Waals surface area (Å²) in [5, 5.41) is 11.4. The van der Waals surface area contributed by atoms with Crippen LogP contribution >= 0.6 is 0 Å². The fraction of sp³-hybridized carbons (Fsp3) is 0.156. The molecule has 7 heteroatoms. The number of aromatic nitrogens is 1. The molecule has 1 aliphatic rings. The third kappa shape index (κ3) is 5.52. The van der Waals surface area contributed by atoms with Crippen LogP contribution in [0.25, 0.3) is 5.76 Å². The molecule has 1 fully saturated rings. The Morgan fingerprint density at radius 3 is 2.41 bits per heavy atom. The number of rotatable bonds is 8. The number of aryl methyl sites for hydroxylation is 1. The summed E-state index contributed by atoms with van der Waals surface area (Å²) in [5.74, 6) is -0.487. The van der Waals surface area contributed by atoms with Gasteiger partial charge in [-0.3, -0.25) is 14.6 Å². The van der Waals surface area contributed by atoms with Crippen molar-refractivity contribution in [2.45, 2.75) is 26.1 Å². The molecule has 39 heavy (non-hydrogen) atoms. The molecule has 196 valence electrons. The molecular weight excluding hydrogens is 492 g/mol. The number of nitrogens with zero attached hydrogens (tertiary/aromatic N) is 2. The van der Waals surface area contributed by atoms with Gasteiger partial charge >= 0.3 is 0 Å². The van der Waals surface area contributed by atoms with E-state index in [0.717, 1.165) is 16.7 Å². The average Bonchev–Trinajstić information content (AvgIpc) is 3.21. The number of aliphatic hydroxyl groups excluding tert-OH is 1. The second kappa shape index (κ2) is 11.2. The van der Waals surface area contributed by atoms with Crippen LogP contribution in [0.1, 0.15) is 33.9 Å². The smallest absolute Gasteiger partial charge is 0.295 e. The van der Waals surface area contributed by atoms with Crippen molar-refractivity contribution in [1.29, 1.82) is 0 Å². The molecule has 0 radical (unpaired) electrons. The molecule has 1 atom stereocenters. The highest BCUT2D eigenvalue weighted by Gasteiger charge is 2.46. The molecule has 1 amide bonds. The number of amides is 1. The van der Waals surface area contributed by atoms with Crippen LogP contribution in [0.4, 0.5) is 0 Å². The number of carbonyl (C=O) groups excluding carboxylic acids is 2. The molecule has 1 saturated heterocycles. The maximum Gasteiger partial charge on any atom is 0.295 e. The SMILES string of the molecule is COc1cccc([C@H]2/C(=C(\O)c3ccc(OCc4cccc(C)c4)cc3)C(=O)C(=O)N2Cc2cccnc2)c1. The van der Waals surface area contributed by atoms with Gasteiger partial charge < -0.3 is 19.5 Å². The van der Waals surface area contributed by atoms with E-state index in [0.29, 0.717) is 29.2 Å². The van der Waals surface area contributed by atoms with Crippen molar-refractivity contribution < 1.29 is 24.2 Å². The van der Waals surface area contributed by atoms with Crippen molar-refractivity contribution in [1.82, 2.24) is 9.88 Å². The van der Waals surface area contributed by atoms with Crippen molar-refractivity contribution >= 4 is 17.4 Å². The molecule has 5 rings (SSSR count). The molecule has 4 aromatic rings. The monoisotopic (exact) mass is 520 g/mol. The zero-order valence-corrected chi connectivity index (χ0v) is 21.7. The average molecular weight is 521 g/mol. The Bertz CT molecular complexity index is 1530. The first-order chi connectivity index (χ1) is 18.9. The summed E-state index contributed by atoms with van der Waals surface area (Å²) in [4.78, 5) is 32.2. The van der Waals surface area contributed by atoms with Crippen molar-refractivity contribution in [3.05, 3.63) is 131 Å². The van der Waals surface area contributed by atoms with Crippen molar-refractivity contribution in [2.24, 2.45) is 0 Å². The second-order valence-electron chi connectivity index (χ2n) is 9.37. The molecule has 0 bridgehead atoms. The minimum absolute atomic E-state index is 0.0190. The highest BCUT2D eigenvalue weighted by atomic mass is 16.5. The third-order valence-electron chi connectivity index (χ3n) is 6.64. The predicted molar refractivity (Wildman–Crippen MR) is 147 cm³/mol. The predicted octanol–water partition coefficient (Wildman–Crippen LogP) is 5.60. The number of benzene rings is 3. The van der Waals surface area contributed by atoms with Gasteiger partial charge in [0.1, 0.15) is 23.9 Å². The van der Waals surface area contributed by atoms with Crippen LogP contribution in [-0.2, 0) is 22.7 Å². The summed E-state index contributed by atoms with van der Waals surface area (Å²) < 4.78 is 11.3. The summed E-state index contributed by atoms with van der Waals surface area (Å²) >= 11 is 0. The lowest BCUT2D eigenvalue weighted by atomic mass is 9.95. The number of likely N-dealkylation sites (tertiary alicyclic amines) is 1. The Labute approximate surface area is 227 Å². The van der Waals surface area contributed by atoms with Gasteiger partial charge in [0.05, 0.1) is 18.7 Å². The third-order valence-corrected chi connectivity index (χ3v) is 6.64. The molecule has 1 N–H and O–H groups in total. The van der Waals surface area contributed by atoms with Gasteiger partial charge in [-0.05, 0) is 66.1 Å². The standard InChI is InChI=1S/C32H28N2O5/c1-21-6-3-7-22(16-21)20-39-26-13-11-24(12-14-26)30(35)28-29(25-9-4-10-27(17-25)38-2)34(32(37)31(28)36)19-23-8-5-15-33-18-23/h3-18,29,35H,19-20H2,1-2H3/b30-28+/t29-/m0/s1. The van der Waals surface area contributed by atoms with E-state index in [4.69, 9.17) is 9.47 Å². The van der Waals surface area contributed by atoms with Crippen molar-refractivity contribution in [3.8, 4) is 11.5 Å². The number of Topliss-reactive ketones (excluding diaryl/α,β-unsaturated/α-hetero) is 1. The van der Waals surface area contributed by atoms with E-state index >= 15 is 0 Å². The highest BCUT2D eigenvalue weighted by Crippen LogP contribution is 2.41. The first-order valence-electron chi connectivity index (χ1n) is 12.5. The summed E-state index contributed by atoms with van der Waals surface area (Å²) in [6.07, 6.45) is 3.29. The van der Waals surface area contributed by atoms with Gasteiger partial charge in [-0.25, -0.2) is 0 Å². The van der Waals surface area contributed by atoms with E-state index in [1.54, 1.807) is 68.0 Å². The van der Waals surface area contributed by atoms with Crippen LogP contribution in [-0.4, -0.2) is 33.8 Å². The van der Waals surface area contributed by atoms with Gasteiger partial charge in [-0.15, -0.1) is 0 Å². The molecule has 1 aliphatic heterocycles. The van der Waals surface area contributed by atoms with E-state index in [2.05, 4.69) is 11.1 Å². The molecule has 0 unspecified atom stereocenters. The van der Waals surface area contributed by atoms with Gasteiger partial charge in [0, 0.05) is 24.5 Å². The van der Waals surface area contributed by atoms with Crippen LogP contribution in [0.2, 0.25) is 0 Å². The van der Waals surface area contributed by atoms with Crippen molar-refractivity contribution in [3.63, 3.8) is 0 Å². The molecule has 0 spiro atoms. The number of hydrogen-bond acceptors (Lipinski definition) is 6. The minimum atomic E-state index is -0.808. The van der Waals surface area contributed by atoms with E-state index < -0.39 is 17.7 Å². The summed E-state index contributed by atoms with van der Waals surface area (Å²) in [6, 6.07) is 24.8. The number of hydrogen-bond donors (Lipinski definition) is 1. The molecule has 7 nitrogen and oxygen atoms in total. The number of aliphatic hydroxyl groups is 1. The number of pyridine rings is 1. The lowest BCUT2D eigenvalue weighted by Gasteiger charge is -2.25. The quantitative estimate of drug-likeness (QED) is 0.185. The van der Waals surface area contributed by atoms with Gasteiger partial charge in [0.15, 0.2) is 0 Å². The Hall–Kier alpha value is -4.91. The van der Waals surface area contributed by atoms with Crippen LogP contribution in [0, 0.1) is 6.92 Å². The number of carbonyl (C=O) groups is 2. The van der Waals surface area contributed by atoms with Crippen molar-refractivity contribution in [2.75, 3.05) is 7.11 Å². The molecule has 0 aliphatic carbocycles. The van der Waals surface area contributed by atoms with Crippen LogP contribution in [0.15, 0.2) is 103 Å². The summed E-state index contributed by atoms with van der Waals surface area (Å²) in [5.41, 5.74) is 4.05. The molecule has 0 saturated carbocycles. The van der Waals surface area contributed by atoms with E-state index in [-0.39, 0.29) is 17.9 Å².